The lowest BCUT2D eigenvalue weighted by Gasteiger charge is -2.07. The monoisotopic (exact) mass is 204 g/mol. The standard InChI is InChI=1S/C11H12N2O2/c1-7-3-4-9(5-10(7)13)11(14)15-8(2)6-12/h3-5,8H,13H2,1-2H3. The average Bonchev–Trinajstić information content (AvgIpc) is 2.21. The summed E-state index contributed by atoms with van der Waals surface area (Å²) in [4.78, 5) is 11.4. The number of esters is 1. The fourth-order valence-electron chi connectivity index (χ4n) is 1.02. The van der Waals surface area contributed by atoms with Crippen LogP contribution in [0.2, 0.25) is 0 Å². The third kappa shape index (κ3) is 2.71. The number of rotatable bonds is 2. The average molecular weight is 204 g/mol. The number of nitriles is 1. The molecule has 1 atom stereocenters. The molecule has 78 valence electrons. The fourth-order valence-corrected chi connectivity index (χ4v) is 1.02. The minimum atomic E-state index is -0.750. The number of benzene rings is 1. The second kappa shape index (κ2) is 4.47. The quantitative estimate of drug-likeness (QED) is 0.587. The maximum absolute atomic E-state index is 11.4. The highest BCUT2D eigenvalue weighted by molar-refractivity contribution is 5.90. The van der Waals surface area contributed by atoms with Gasteiger partial charge in [0.15, 0.2) is 6.10 Å². The lowest BCUT2D eigenvalue weighted by atomic mass is 10.1. The topological polar surface area (TPSA) is 76.1 Å². The zero-order chi connectivity index (χ0) is 11.4. The SMILES string of the molecule is Cc1ccc(C(=O)OC(C)C#N)cc1N. The molecule has 15 heavy (non-hydrogen) atoms. The van der Waals surface area contributed by atoms with E-state index < -0.39 is 12.1 Å². The Kier molecular flexibility index (Phi) is 3.29. The summed E-state index contributed by atoms with van der Waals surface area (Å²) in [6.07, 6.45) is -0.750. The number of carbonyl (C=O) groups is 1. The van der Waals surface area contributed by atoms with Gasteiger partial charge in [-0.25, -0.2) is 4.79 Å². The van der Waals surface area contributed by atoms with Crippen LogP contribution in [0.1, 0.15) is 22.8 Å². The van der Waals surface area contributed by atoms with Gasteiger partial charge in [0.05, 0.1) is 5.56 Å². The fraction of sp³-hybridized carbons (Fsp3) is 0.273. The van der Waals surface area contributed by atoms with Crippen LogP contribution in [0.25, 0.3) is 0 Å². The van der Waals surface area contributed by atoms with Gasteiger partial charge >= 0.3 is 5.97 Å². The summed E-state index contributed by atoms with van der Waals surface area (Å²) in [6, 6.07) is 6.72. The van der Waals surface area contributed by atoms with E-state index in [1.165, 1.54) is 6.92 Å². The van der Waals surface area contributed by atoms with E-state index in [1.807, 2.05) is 13.0 Å². The van der Waals surface area contributed by atoms with Crippen LogP contribution in [0.4, 0.5) is 5.69 Å². The molecule has 0 amide bonds. The summed E-state index contributed by atoms with van der Waals surface area (Å²) in [6.45, 7) is 3.36. The van der Waals surface area contributed by atoms with Crippen LogP contribution in [0.15, 0.2) is 18.2 Å². The van der Waals surface area contributed by atoms with Crippen LogP contribution in [0.3, 0.4) is 0 Å². The third-order valence-corrected chi connectivity index (χ3v) is 1.98. The van der Waals surface area contributed by atoms with Gasteiger partial charge in [-0.3, -0.25) is 0 Å². The van der Waals surface area contributed by atoms with Crippen molar-refractivity contribution in [2.45, 2.75) is 20.0 Å². The summed E-state index contributed by atoms with van der Waals surface area (Å²) < 4.78 is 4.82. The summed E-state index contributed by atoms with van der Waals surface area (Å²) in [7, 11) is 0. The molecular weight excluding hydrogens is 192 g/mol. The molecule has 0 aromatic heterocycles. The molecule has 0 saturated carbocycles. The maximum Gasteiger partial charge on any atom is 0.339 e. The summed E-state index contributed by atoms with van der Waals surface area (Å²) >= 11 is 0. The highest BCUT2D eigenvalue weighted by atomic mass is 16.5. The number of hydrogen-bond donors (Lipinski definition) is 1. The predicted octanol–water partition coefficient (Wildman–Crippen LogP) is 1.65. The first kappa shape index (κ1) is 11.1. The molecule has 0 saturated heterocycles. The Balaban J connectivity index is 2.84. The molecule has 1 rings (SSSR count). The molecule has 0 aliphatic carbocycles. The number of aryl methyl sites for hydroxylation is 1. The molecule has 0 radical (unpaired) electrons. The van der Waals surface area contributed by atoms with Crippen molar-refractivity contribution in [2.24, 2.45) is 0 Å². The van der Waals surface area contributed by atoms with E-state index in [-0.39, 0.29) is 0 Å². The Labute approximate surface area is 88.3 Å². The smallest absolute Gasteiger partial charge is 0.339 e. The molecule has 0 aliphatic heterocycles. The van der Waals surface area contributed by atoms with Crippen molar-refractivity contribution >= 4 is 11.7 Å². The summed E-state index contributed by atoms with van der Waals surface area (Å²) in [5.41, 5.74) is 7.45. The minimum Gasteiger partial charge on any atom is -0.444 e. The first-order chi connectivity index (χ1) is 7.04. The molecule has 0 bridgehead atoms. The van der Waals surface area contributed by atoms with Crippen LogP contribution in [0, 0.1) is 18.3 Å². The Bertz CT molecular complexity index is 421. The van der Waals surface area contributed by atoms with E-state index in [0.29, 0.717) is 11.3 Å². The normalized spacial score (nSPS) is 11.5. The molecule has 0 aliphatic rings. The van der Waals surface area contributed by atoms with E-state index in [0.717, 1.165) is 5.56 Å². The van der Waals surface area contributed by atoms with Crippen LogP contribution in [-0.4, -0.2) is 12.1 Å². The molecule has 0 fully saturated rings. The Hall–Kier alpha value is -2.02. The number of nitrogens with two attached hydrogens (primary N) is 1. The van der Waals surface area contributed by atoms with E-state index >= 15 is 0 Å². The van der Waals surface area contributed by atoms with Gasteiger partial charge in [-0.05, 0) is 31.5 Å². The van der Waals surface area contributed by atoms with Gasteiger partial charge in [-0.1, -0.05) is 6.07 Å². The van der Waals surface area contributed by atoms with Crippen LogP contribution in [0.5, 0.6) is 0 Å². The van der Waals surface area contributed by atoms with Gasteiger partial charge in [0.1, 0.15) is 6.07 Å². The van der Waals surface area contributed by atoms with Crippen molar-refractivity contribution < 1.29 is 9.53 Å². The van der Waals surface area contributed by atoms with Crippen molar-refractivity contribution in [1.82, 2.24) is 0 Å². The number of nitrogens with zero attached hydrogens (tertiary/aromatic N) is 1. The van der Waals surface area contributed by atoms with Crippen molar-refractivity contribution in [1.29, 1.82) is 5.26 Å². The van der Waals surface area contributed by atoms with Gasteiger partial charge in [-0.15, -0.1) is 0 Å². The van der Waals surface area contributed by atoms with Gasteiger partial charge in [0.25, 0.3) is 0 Å². The van der Waals surface area contributed by atoms with E-state index in [9.17, 15) is 4.79 Å². The number of anilines is 1. The Morgan fingerprint density at radius 2 is 2.27 bits per heavy atom. The predicted molar refractivity (Wildman–Crippen MR) is 56.1 cm³/mol. The lowest BCUT2D eigenvalue weighted by Crippen LogP contribution is -2.13. The van der Waals surface area contributed by atoms with E-state index in [1.54, 1.807) is 18.2 Å². The zero-order valence-corrected chi connectivity index (χ0v) is 8.65. The van der Waals surface area contributed by atoms with Gasteiger partial charge in [-0.2, -0.15) is 5.26 Å². The Morgan fingerprint density at radius 3 is 2.80 bits per heavy atom. The van der Waals surface area contributed by atoms with Crippen molar-refractivity contribution in [3.8, 4) is 6.07 Å². The van der Waals surface area contributed by atoms with Crippen molar-refractivity contribution in [3.63, 3.8) is 0 Å². The number of hydrogen-bond acceptors (Lipinski definition) is 4. The van der Waals surface area contributed by atoms with Crippen molar-refractivity contribution in [2.75, 3.05) is 5.73 Å². The number of carbonyl (C=O) groups excluding carboxylic acids is 1. The zero-order valence-electron chi connectivity index (χ0n) is 8.65. The van der Waals surface area contributed by atoms with Crippen LogP contribution in [-0.2, 0) is 4.74 Å². The maximum atomic E-state index is 11.4. The minimum absolute atomic E-state index is 0.361. The van der Waals surface area contributed by atoms with E-state index in [4.69, 9.17) is 15.7 Å². The molecule has 1 unspecified atom stereocenters. The molecule has 0 heterocycles. The molecule has 1 aromatic rings. The highest BCUT2D eigenvalue weighted by Crippen LogP contribution is 2.14. The molecule has 4 nitrogen and oxygen atoms in total. The Morgan fingerprint density at radius 1 is 1.60 bits per heavy atom. The lowest BCUT2D eigenvalue weighted by molar-refractivity contribution is 0.0435. The first-order valence-corrected chi connectivity index (χ1v) is 4.51. The second-order valence-corrected chi connectivity index (χ2v) is 3.25. The first-order valence-electron chi connectivity index (χ1n) is 4.51. The van der Waals surface area contributed by atoms with Gasteiger partial charge < -0.3 is 10.5 Å². The van der Waals surface area contributed by atoms with Gasteiger partial charge in [0, 0.05) is 5.69 Å². The molecule has 1 aromatic carbocycles. The summed E-state index contributed by atoms with van der Waals surface area (Å²) in [5, 5.41) is 8.48. The molecular formula is C11H12N2O2. The second-order valence-electron chi connectivity index (χ2n) is 3.25. The number of nitrogen functional groups attached to an aromatic ring is 1. The van der Waals surface area contributed by atoms with Crippen LogP contribution < -0.4 is 5.73 Å². The van der Waals surface area contributed by atoms with Crippen LogP contribution >= 0.6 is 0 Å². The largest absolute Gasteiger partial charge is 0.444 e. The van der Waals surface area contributed by atoms with Crippen molar-refractivity contribution in [3.05, 3.63) is 29.3 Å². The third-order valence-electron chi connectivity index (χ3n) is 1.98. The highest BCUT2D eigenvalue weighted by Gasteiger charge is 2.11. The molecule has 2 N–H and O–H groups in total. The molecule has 4 heteroatoms. The molecule has 0 spiro atoms. The van der Waals surface area contributed by atoms with Gasteiger partial charge in [0.2, 0.25) is 0 Å². The number of ether oxygens (including phenoxy) is 1. The summed E-state index contributed by atoms with van der Waals surface area (Å²) in [5.74, 6) is -0.532. The van der Waals surface area contributed by atoms with E-state index in [2.05, 4.69) is 0 Å².